The largest absolute Gasteiger partial charge is 0.496 e. The van der Waals surface area contributed by atoms with Gasteiger partial charge in [-0.2, -0.15) is 0 Å². The summed E-state index contributed by atoms with van der Waals surface area (Å²) in [4.78, 5) is 17.3. The molecule has 0 bridgehead atoms. The van der Waals surface area contributed by atoms with Crippen LogP contribution in [0.1, 0.15) is 64.3 Å². The molecule has 6 nitrogen and oxygen atoms in total. The number of carbonyl (C=O) groups is 1. The number of carboxylic acids is 1. The van der Waals surface area contributed by atoms with Gasteiger partial charge in [-0.05, 0) is 74.4 Å². The monoisotopic (exact) mass is 448 g/mol. The molecule has 2 atom stereocenters. The van der Waals surface area contributed by atoms with Crippen molar-refractivity contribution in [1.29, 1.82) is 0 Å². The highest BCUT2D eigenvalue weighted by Gasteiger charge is 2.43. The maximum absolute atomic E-state index is 11.4. The maximum Gasteiger partial charge on any atom is 0.335 e. The average Bonchev–Trinajstić information content (AvgIpc) is 3.44. The zero-order chi connectivity index (χ0) is 23.2. The number of H-pyrrole nitrogens is 1. The number of methoxy groups -OCH3 is 1. The number of piperidine rings is 1. The fourth-order valence-corrected chi connectivity index (χ4v) is 5.81. The SMILES string of the molecule is COc1cc(C)c2[nH]cc(C)c2c1CN1CCC2(CCCO2)C[C@H]1c1ccc(C(=O)O)cc1. The van der Waals surface area contributed by atoms with Crippen LogP contribution in [0.3, 0.4) is 0 Å². The van der Waals surface area contributed by atoms with Crippen LogP contribution in [0.15, 0.2) is 36.5 Å². The Labute approximate surface area is 194 Å². The Morgan fingerprint density at radius 2 is 2.03 bits per heavy atom. The van der Waals surface area contributed by atoms with Gasteiger partial charge in [-0.3, -0.25) is 4.90 Å². The van der Waals surface area contributed by atoms with Crippen molar-refractivity contribution >= 4 is 16.9 Å². The fraction of sp³-hybridized carbons (Fsp3) is 0.444. The second kappa shape index (κ2) is 8.50. The highest BCUT2D eigenvalue weighted by molar-refractivity contribution is 5.91. The van der Waals surface area contributed by atoms with Crippen LogP contribution in [0, 0.1) is 13.8 Å². The van der Waals surface area contributed by atoms with Crippen molar-refractivity contribution in [2.75, 3.05) is 20.3 Å². The first-order valence-corrected chi connectivity index (χ1v) is 11.8. The minimum absolute atomic E-state index is 0.0661. The van der Waals surface area contributed by atoms with E-state index in [9.17, 15) is 9.90 Å². The van der Waals surface area contributed by atoms with Gasteiger partial charge in [-0.1, -0.05) is 12.1 Å². The van der Waals surface area contributed by atoms with Gasteiger partial charge in [-0.25, -0.2) is 4.79 Å². The number of aromatic amines is 1. The minimum atomic E-state index is -0.896. The first-order chi connectivity index (χ1) is 15.9. The lowest BCUT2D eigenvalue weighted by Crippen LogP contribution is -2.45. The number of likely N-dealkylation sites (tertiary alicyclic amines) is 1. The van der Waals surface area contributed by atoms with E-state index in [-0.39, 0.29) is 11.6 Å². The Balaban J connectivity index is 1.54. The summed E-state index contributed by atoms with van der Waals surface area (Å²) in [5.74, 6) is 0.0208. The summed E-state index contributed by atoms with van der Waals surface area (Å²) < 4.78 is 12.1. The summed E-state index contributed by atoms with van der Waals surface area (Å²) in [6, 6.07) is 9.65. The van der Waals surface area contributed by atoms with Gasteiger partial charge in [0, 0.05) is 48.4 Å². The van der Waals surface area contributed by atoms with Crippen molar-refractivity contribution < 1.29 is 19.4 Å². The van der Waals surface area contributed by atoms with E-state index in [4.69, 9.17) is 9.47 Å². The molecule has 1 aromatic heterocycles. The third-order valence-corrected chi connectivity index (χ3v) is 7.59. The summed E-state index contributed by atoms with van der Waals surface area (Å²) in [7, 11) is 1.74. The molecule has 0 amide bonds. The number of hydrogen-bond acceptors (Lipinski definition) is 4. The molecule has 2 saturated heterocycles. The molecule has 3 aromatic rings. The van der Waals surface area contributed by atoms with E-state index >= 15 is 0 Å². The van der Waals surface area contributed by atoms with Crippen molar-refractivity contribution in [3.63, 3.8) is 0 Å². The number of aromatic nitrogens is 1. The fourth-order valence-electron chi connectivity index (χ4n) is 5.81. The van der Waals surface area contributed by atoms with E-state index in [1.165, 1.54) is 27.6 Å². The number of aromatic carboxylic acids is 1. The Hall–Kier alpha value is -2.83. The lowest BCUT2D eigenvalue weighted by molar-refractivity contribution is -0.0676. The van der Waals surface area contributed by atoms with Crippen LogP contribution in [-0.2, 0) is 11.3 Å². The topological polar surface area (TPSA) is 74.8 Å². The molecule has 33 heavy (non-hydrogen) atoms. The number of rotatable bonds is 5. The first-order valence-electron chi connectivity index (χ1n) is 11.8. The molecule has 2 fully saturated rings. The second-order valence-corrected chi connectivity index (χ2v) is 9.60. The molecular weight excluding hydrogens is 416 g/mol. The van der Waals surface area contributed by atoms with Gasteiger partial charge in [0.1, 0.15) is 5.75 Å². The summed E-state index contributed by atoms with van der Waals surface area (Å²) in [6.07, 6.45) is 6.21. The smallest absolute Gasteiger partial charge is 0.335 e. The normalized spacial score (nSPS) is 23.4. The molecule has 2 aromatic carbocycles. The van der Waals surface area contributed by atoms with Gasteiger partial charge >= 0.3 is 5.97 Å². The summed E-state index contributed by atoms with van der Waals surface area (Å²) in [6.45, 7) is 6.77. The molecule has 0 radical (unpaired) electrons. The molecule has 1 unspecified atom stereocenters. The van der Waals surface area contributed by atoms with E-state index in [1.807, 2.05) is 12.1 Å². The third kappa shape index (κ3) is 3.91. The van der Waals surface area contributed by atoms with E-state index in [2.05, 4.69) is 36.0 Å². The van der Waals surface area contributed by atoms with Gasteiger partial charge in [0.15, 0.2) is 0 Å². The zero-order valence-electron chi connectivity index (χ0n) is 19.6. The molecule has 3 heterocycles. The summed E-state index contributed by atoms with van der Waals surface area (Å²) in [5.41, 5.74) is 6.16. The number of benzene rings is 2. The van der Waals surface area contributed by atoms with Crippen LogP contribution in [0.4, 0.5) is 0 Å². The van der Waals surface area contributed by atoms with Crippen molar-refractivity contribution in [2.24, 2.45) is 0 Å². The molecule has 0 saturated carbocycles. The molecule has 2 N–H and O–H groups in total. The average molecular weight is 449 g/mol. The predicted molar refractivity (Wildman–Crippen MR) is 128 cm³/mol. The number of ether oxygens (including phenoxy) is 2. The zero-order valence-corrected chi connectivity index (χ0v) is 19.6. The lowest BCUT2D eigenvalue weighted by Gasteiger charge is -2.45. The van der Waals surface area contributed by atoms with Crippen LogP contribution >= 0.6 is 0 Å². The molecular formula is C27H32N2O4. The predicted octanol–water partition coefficient (Wildman–Crippen LogP) is 5.38. The van der Waals surface area contributed by atoms with Gasteiger partial charge in [0.25, 0.3) is 0 Å². The van der Waals surface area contributed by atoms with Gasteiger partial charge < -0.3 is 19.6 Å². The van der Waals surface area contributed by atoms with Crippen LogP contribution < -0.4 is 4.74 Å². The number of aryl methyl sites for hydroxylation is 2. The molecule has 6 heteroatoms. The molecule has 2 aliphatic heterocycles. The standard InChI is InChI=1S/C27H32N2O4/c1-17-13-23(32-3)21(24-18(2)15-28-25(17)24)16-29-11-10-27(9-4-12-33-27)14-22(29)19-5-7-20(8-6-19)26(30)31/h5-8,13,15,22,28H,4,9-12,14,16H2,1-3H3,(H,30,31)/t22-,27?/m0/s1. The Morgan fingerprint density at radius 1 is 1.24 bits per heavy atom. The van der Waals surface area contributed by atoms with Gasteiger partial charge in [-0.15, -0.1) is 0 Å². The van der Waals surface area contributed by atoms with Gasteiger partial charge in [0.05, 0.1) is 18.3 Å². The maximum atomic E-state index is 11.4. The third-order valence-electron chi connectivity index (χ3n) is 7.59. The summed E-state index contributed by atoms with van der Waals surface area (Å²) >= 11 is 0. The summed E-state index contributed by atoms with van der Waals surface area (Å²) in [5, 5.41) is 10.6. The van der Waals surface area contributed by atoms with Crippen molar-refractivity contribution in [3.8, 4) is 5.75 Å². The quantitative estimate of drug-likeness (QED) is 0.548. The highest BCUT2D eigenvalue weighted by Crippen LogP contribution is 2.45. The number of hydrogen-bond donors (Lipinski definition) is 2. The molecule has 5 rings (SSSR count). The van der Waals surface area contributed by atoms with Crippen LogP contribution in [0.2, 0.25) is 0 Å². The Bertz CT molecular complexity index is 1180. The highest BCUT2D eigenvalue weighted by atomic mass is 16.5. The van der Waals surface area contributed by atoms with E-state index in [1.54, 1.807) is 19.2 Å². The second-order valence-electron chi connectivity index (χ2n) is 9.60. The first kappa shape index (κ1) is 22.0. The molecule has 174 valence electrons. The van der Waals surface area contributed by atoms with Crippen LogP contribution in [0.25, 0.3) is 10.9 Å². The minimum Gasteiger partial charge on any atom is -0.496 e. The van der Waals surface area contributed by atoms with E-state index in [0.717, 1.165) is 56.7 Å². The number of fused-ring (bicyclic) bond motifs is 1. The molecule has 1 spiro atoms. The van der Waals surface area contributed by atoms with Gasteiger partial charge in [0.2, 0.25) is 0 Å². The van der Waals surface area contributed by atoms with Crippen LogP contribution in [0.5, 0.6) is 5.75 Å². The molecule has 2 aliphatic rings. The Kier molecular flexibility index (Phi) is 5.67. The number of carboxylic acid groups (broad SMARTS) is 1. The van der Waals surface area contributed by atoms with E-state index < -0.39 is 5.97 Å². The molecule has 0 aliphatic carbocycles. The van der Waals surface area contributed by atoms with E-state index in [0.29, 0.717) is 5.56 Å². The number of nitrogens with zero attached hydrogens (tertiary/aromatic N) is 1. The number of nitrogens with one attached hydrogen (secondary N) is 1. The van der Waals surface area contributed by atoms with Crippen molar-refractivity contribution in [1.82, 2.24) is 9.88 Å². The Morgan fingerprint density at radius 3 is 2.70 bits per heavy atom. The van der Waals surface area contributed by atoms with Crippen molar-refractivity contribution in [2.45, 2.75) is 57.7 Å². The lowest BCUT2D eigenvalue weighted by atomic mass is 9.81. The van der Waals surface area contributed by atoms with Crippen molar-refractivity contribution in [3.05, 3.63) is 64.3 Å². The van der Waals surface area contributed by atoms with Crippen LogP contribution in [-0.4, -0.2) is 46.8 Å².